The van der Waals surface area contributed by atoms with Gasteiger partial charge in [0.05, 0.1) is 12.7 Å². The average Bonchev–Trinajstić information content (AvgIpc) is 3.25. The fourth-order valence-corrected chi connectivity index (χ4v) is 5.95. The monoisotopic (exact) mass is 542 g/mol. The summed E-state index contributed by atoms with van der Waals surface area (Å²) in [6, 6.07) is 19.8. The first-order valence-corrected chi connectivity index (χ1v) is 12.7. The second-order valence-electron chi connectivity index (χ2n) is 9.19. The van der Waals surface area contributed by atoms with Crippen LogP contribution in [0.4, 0.5) is 0 Å². The Bertz CT molecular complexity index is 1170. The van der Waals surface area contributed by atoms with Crippen LogP contribution in [-0.2, 0) is 11.2 Å². The van der Waals surface area contributed by atoms with Gasteiger partial charge in [-0.1, -0.05) is 70.0 Å². The van der Waals surface area contributed by atoms with E-state index < -0.39 is 11.2 Å². The van der Waals surface area contributed by atoms with Crippen LogP contribution in [0.3, 0.4) is 0 Å². The van der Waals surface area contributed by atoms with Crippen LogP contribution in [0.2, 0.25) is 5.15 Å². The minimum Gasteiger partial charge on any atom is -0.481 e. The first-order valence-electron chi connectivity index (χ1n) is 11.5. The van der Waals surface area contributed by atoms with Crippen molar-refractivity contribution in [2.75, 3.05) is 27.2 Å². The molecule has 0 spiro atoms. The highest BCUT2D eigenvalue weighted by molar-refractivity contribution is 9.10. The number of pyridine rings is 1. The first-order chi connectivity index (χ1) is 16.4. The van der Waals surface area contributed by atoms with E-state index in [1.807, 2.05) is 42.5 Å². The zero-order chi connectivity index (χ0) is 23.9. The Morgan fingerprint density at radius 3 is 2.41 bits per heavy atom. The SMILES string of the molecule is CN1CCC1.COc1nc(Cl)cc2c1C1(O)CCC(c3ccccc3)C1(c1ccc(Br)cc1)O2. The lowest BCUT2D eigenvalue weighted by molar-refractivity contribution is -0.106. The van der Waals surface area contributed by atoms with Crippen LogP contribution in [0, 0.1) is 0 Å². The van der Waals surface area contributed by atoms with Crippen LogP contribution < -0.4 is 9.47 Å². The van der Waals surface area contributed by atoms with Crippen LogP contribution in [0.1, 0.15) is 41.9 Å². The molecule has 5 nitrogen and oxygen atoms in total. The number of fused-ring (bicyclic) bond motifs is 3. The van der Waals surface area contributed by atoms with Crippen molar-refractivity contribution in [1.29, 1.82) is 0 Å². The van der Waals surface area contributed by atoms with E-state index in [9.17, 15) is 5.11 Å². The number of aromatic nitrogens is 1. The molecular weight excluding hydrogens is 516 g/mol. The van der Waals surface area contributed by atoms with Crippen molar-refractivity contribution in [3.05, 3.63) is 87.0 Å². The van der Waals surface area contributed by atoms with E-state index in [0.29, 0.717) is 23.6 Å². The largest absolute Gasteiger partial charge is 0.481 e. The Morgan fingerprint density at radius 2 is 1.82 bits per heavy atom. The maximum atomic E-state index is 12.2. The van der Waals surface area contributed by atoms with Crippen LogP contribution in [-0.4, -0.2) is 42.2 Å². The molecule has 3 atom stereocenters. The summed E-state index contributed by atoms with van der Waals surface area (Å²) in [6.07, 6.45) is 2.70. The molecule has 2 aliphatic heterocycles. The summed E-state index contributed by atoms with van der Waals surface area (Å²) in [7, 11) is 3.68. The lowest BCUT2D eigenvalue weighted by atomic mass is 9.72. The highest BCUT2D eigenvalue weighted by Gasteiger charge is 2.69. The minimum atomic E-state index is -1.29. The van der Waals surface area contributed by atoms with Gasteiger partial charge in [0.15, 0.2) is 5.60 Å². The summed E-state index contributed by atoms with van der Waals surface area (Å²) >= 11 is 9.72. The van der Waals surface area contributed by atoms with Crippen molar-refractivity contribution in [3.63, 3.8) is 0 Å². The summed E-state index contributed by atoms with van der Waals surface area (Å²) in [5, 5.41) is 12.5. The molecule has 2 aromatic carbocycles. The number of hydrogen-bond acceptors (Lipinski definition) is 5. The van der Waals surface area contributed by atoms with E-state index in [1.54, 1.807) is 6.07 Å². The third-order valence-electron chi connectivity index (χ3n) is 7.25. The standard InChI is InChI=1S/C23H19BrClNO3.C4H9N/c1-28-21-20-18(13-19(25)26-21)29-23(15-7-9-16(24)10-8-15)17(11-12-22(20,23)27)14-5-3-2-4-6-14;1-5-3-2-4-5/h2-10,13,17,27H,11-12H2,1H3;2-4H2,1H3. The van der Waals surface area contributed by atoms with Gasteiger partial charge in [-0.05, 0) is 62.7 Å². The maximum Gasteiger partial charge on any atom is 0.224 e. The second-order valence-corrected chi connectivity index (χ2v) is 10.5. The van der Waals surface area contributed by atoms with Crippen LogP contribution >= 0.6 is 27.5 Å². The number of halogens is 2. The van der Waals surface area contributed by atoms with Gasteiger partial charge in [0.1, 0.15) is 16.5 Å². The molecule has 7 heteroatoms. The molecule has 3 aliphatic rings. The summed E-state index contributed by atoms with van der Waals surface area (Å²) in [4.78, 5) is 6.61. The van der Waals surface area contributed by atoms with Crippen molar-refractivity contribution in [2.24, 2.45) is 0 Å². The van der Waals surface area contributed by atoms with Crippen LogP contribution in [0.15, 0.2) is 65.1 Å². The van der Waals surface area contributed by atoms with Gasteiger partial charge in [0.2, 0.25) is 5.88 Å². The molecule has 3 heterocycles. The van der Waals surface area contributed by atoms with Gasteiger partial charge in [-0.15, -0.1) is 0 Å². The van der Waals surface area contributed by atoms with E-state index in [0.717, 1.165) is 22.0 Å². The minimum absolute atomic E-state index is 0.0502. The maximum absolute atomic E-state index is 12.2. The molecule has 3 aromatic rings. The smallest absolute Gasteiger partial charge is 0.224 e. The van der Waals surface area contributed by atoms with E-state index in [2.05, 4.69) is 45.0 Å². The van der Waals surface area contributed by atoms with E-state index >= 15 is 0 Å². The third kappa shape index (κ3) is 3.72. The fourth-order valence-electron chi connectivity index (χ4n) is 5.51. The van der Waals surface area contributed by atoms with E-state index in [4.69, 9.17) is 21.1 Å². The highest BCUT2D eigenvalue weighted by Crippen LogP contribution is 2.68. The molecule has 0 amide bonds. The van der Waals surface area contributed by atoms with Crippen molar-refractivity contribution in [1.82, 2.24) is 9.88 Å². The quantitative estimate of drug-likeness (QED) is 0.418. The number of ether oxygens (including phenoxy) is 2. The van der Waals surface area contributed by atoms with Crippen molar-refractivity contribution in [2.45, 2.75) is 36.4 Å². The van der Waals surface area contributed by atoms with Gasteiger partial charge in [0.25, 0.3) is 0 Å². The van der Waals surface area contributed by atoms with Gasteiger partial charge in [-0.25, -0.2) is 4.98 Å². The topological polar surface area (TPSA) is 54.8 Å². The van der Waals surface area contributed by atoms with Crippen molar-refractivity contribution in [3.8, 4) is 11.6 Å². The number of hydrogen-bond donors (Lipinski definition) is 1. The fraction of sp³-hybridized carbons (Fsp3) is 0.370. The molecule has 1 saturated heterocycles. The van der Waals surface area contributed by atoms with Gasteiger partial charge >= 0.3 is 0 Å². The Kier molecular flexibility index (Phi) is 6.36. The van der Waals surface area contributed by atoms with Gasteiger partial charge < -0.3 is 19.5 Å². The summed E-state index contributed by atoms with van der Waals surface area (Å²) in [5.74, 6) is 0.779. The number of aliphatic hydroxyl groups is 1. The predicted molar refractivity (Wildman–Crippen MR) is 137 cm³/mol. The van der Waals surface area contributed by atoms with Gasteiger partial charge in [-0.2, -0.15) is 0 Å². The lowest BCUT2D eigenvalue weighted by Crippen LogP contribution is -2.48. The zero-order valence-corrected chi connectivity index (χ0v) is 21.6. The lowest BCUT2D eigenvalue weighted by Gasteiger charge is -2.40. The normalized spacial score (nSPS) is 27.0. The van der Waals surface area contributed by atoms with Crippen molar-refractivity contribution < 1.29 is 14.6 Å². The summed E-state index contributed by atoms with van der Waals surface area (Å²) in [5.41, 5.74) is 0.309. The molecular formula is C27H28BrClN2O3. The molecule has 1 N–H and O–H groups in total. The molecule has 0 bridgehead atoms. The number of benzene rings is 2. The molecule has 1 aromatic heterocycles. The number of likely N-dealkylation sites (tertiary alicyclic amines) is 1. The Balaban J connectivity index is 0.000000429. The molecule has 1 aliphatic carbocycles. The Labute approximate surface area is 213 Å². The average molecular weight is 544 g/mol. The summed E-state index contributed by atoms with van der Waals surface area (Å²) < 4.78 is 13.1. The van der Waals surface area contributed by atoms with E-state index in [-0.39, 0.29) is 11.1 Å². The number of nitrogens with zero attached hydrogens (tertiary/aromatic N) is 2. The van der Waals surface area contributed by atoms with E-state index in [1.165, 1.54) is 26.6 Å². The third-order valence-corrected chi connectivity index (χ3v) is 7.97. The number of rotatable bonds is 3. The molecule has 34 heavy (non-hydrogen) atoms. The van der Waals surface area contributed by atoms with Gasteiger partial charge in [-0.3, -0.25) is 0 Å². The van der Waals surface area contributed by atoms with Crippen LogP contribution in [0.5, 0.6) is 11.6 Å². The molecule has 1 saturated carbocycles. The number of methoxy groups -OCH3 is 1. The Hall–Kier alpha value is -2.12. The molecule has 2 fully saturated rings. The predicted octanol–water partition coefficient (Wildman–Crippen LogP) is 5.88. The molecule has 0 radical (unpaired) electrons. The Morgan fingerprint density at radius 1 is 1.15 bits per heavy atom. The highest BCUT2D eigenvalue weighted by atomic mass is 79.9. The first kappa shape index (κ1) is 23.6. The molecule has 178 valence electrons. The molecule has 6 rings (SSSR count). The second kappa shape index (κ2) is 9.15. The molecule has 3 unspecified atom stereocenters. The summed E-state index contributed by atoms with van der Waals surface area (Å²) in [6.45, 7) is 2.64. The van der Waals surface area contributed by atoms with Crippen LogP contribution in [0.25, 0.3) is 0 Å². The van der Waals surface area contributed by atoms with Gasteiger partial charge in [0, 0.05) is 16.5 Å². The zero-order valence-electron chi connectivity index (χ0n) is 19.3. The van der Waals surface area contributed by atoms with Crippen molar-refractivity contribution >= 4 is 27.5 Å².